The molecule has 0 aliphatic carbocycles. The molecular formula is C19H28IN3O. The lowest BCUT2D eigenvalue weighted by molar-refractivity contribution is 0.153. The largest absolute Gasteiger partial charge is 0.377 e. The lowest BCUT2D eigenvalue weighted by atomic mass is 10.0. The fraction of sp³-hybridized carbons (Fsp3) is 0.526. The number of hydrogen-bond donors (Lipinski definition) is 1. The lowest BCUT2D eigenvalue weighted by Gasteiger charge is -2.31. The first-order chi connectivity index (χ1) is 11.4. The molecule has 0 unspecified atom stereocenters. The molecule has 4 nitrogen and oxygen atoms in total. The van der Waals surface area contributed by atoms with E-state index in [0.717, 1.165) is 64.6 Å². The van der Waals surface area contributed by atoms with Gasteiger partial charge in [0, 0.05) is 26.2 Å². The molecule has 0 aromatic heterocycles. The van der Waals surface area contributed by atoms with Gasteiger partial charge < -0.3 is 15.0 Å². The molecule has 0 bridgehead atoms. The maximum Gasteiger partial charge on any atom is 0.194 e. The van der Waals surface area contributed by atoms with Crippen LogP contribution in [0.3, 0.4) is 0 Å². The Morgan fingerprint density at radius 1 is 1.25 bits per heavy atom. The van der Waals surface area contributed by atoms with Gasteiger partial charge in [-0.25, -0.2) is 0 Å². The Bertz CT molecular complexity index is 586. The zero-order chi connectivity index (χ0) is 15.9. The van der Waals surface area contributed by atoms with Crippen LogP contribution in [0.5, 0.6) is 0 Å². The van der Waals surface area contributed by atoms with Crippen molar-refractivity contribution in [3.05, 3.63) is 47.0 Å². The predicted molar refractivity (Wildman–Crippen MR) is 110 cm³/mol. The summed E-state index contributed by atoms with van der Waals surface area (Å²) in [4.78, 5) is 7.23. The van der Waals surface area contributed by atoms with E-state index in [1.54, 1.807) is 0 Å². The first-order valence-corrected chi connectivity index (χ1v) is 8.72. The van der Waals surface area contributed by atoms with E-state index in [1.807, 2.05) is 0 Å². The van der Waals surface area contributed by atoms with Gasteiger partial charge in [-0.05, 0) is 37.3 Å². The summed E-state index contributed by atoms with van der Waals surface area (Å²) in [6.45, 7) is 7.52. The van der Waals surface area contributed by atoms with Crippen LogP contribution in [0.25, 0.3) is 0 Å². The smallest absolute Gasteiger partial charge is 0.194 e. The molecule has 0 fully saturated rings. The van der Waals surface area contributed by atoms with Gasteiger partial charge in [-0.1, -0.05) is 35.9 Å². The van der Waals surface area contributed by atoms with Crippen LogP contribution in [0.4, 0.5) is 0 Å². The zero-order valence-corrected chi connectivity index (χ0v) is 16.8. The number of guanidine groups is 1. The van der Waals surface area contributed by atoms with Crippen LogP contribution in [0.15, 0.2) is 40.9 Å². The number of ether oxygens (including phenoxy) is 1. The third kappa shape index (κ3) is 5.21. The molecule has 0 spiro atoms. The van der Waals surface area contributed by atoms with Gasteiger partial charge in [-0.2, -0.15) is 0 Å². The van der Waals surface area contributed by atoms with Crippen LogP contribution < -0.4 is 5.32 Å². The molecule has 0 amide bonds. The topological polar surface area (TPSA) is 36.9 Å². The highest BCUT2D eigenvalue weighted by molar-refractivity contribution is 14.0. The Hall–Kier alpha value is -1.08. The van der Waals surface area contributed by atoms with Crippen molar-refractivity contribution in [3.8, 4) is 0 Å². The average Bonchev–Trinajstić information content (AvgIpc) is 2.61. The fourth-order valence-electron chi connectivity index (χ4n) is 3.20. The molecule has 0 atom stereocenters. The molecule has 5 heteroatoms. The van der Waals surface area contributed by atoms with Crippen molar-refractivity contribution in [2.45, 2.75) is 32.7 Å². The van der Waals surface area contributed by atoms with Gasteiger partial charge in [-0.15, -0.1) is 24.0 Å². The van der Waals surface area contributed by atoms with Crippen molar-refractivity contribution in [1.29, 1.82) is 0 Å². The number of rotatable bonds is 4. The van der Waals surface area contributed by atoms with Gasteiger partial charge in [0.1, 0.15) is 0 Å². The Balaban J connectivity index is 0.00000208. The third-order valence-corrected chi connectivity index (χ3v) is 4.52. The summed E-state index contributed by atoms with van der Waals surface area (Å²) in [7, 11) is 0. The van der Waals surface area contributed by atoms with Crippen LogP contribution in [0, 0.1) is 0 Å². The van der Waals surface area contributed by atoms with Crippen molar-refractivity contribution in [3.63, 3.8) is 0 Å². The van der Waals surface area contributed by atoms with Gasteiger partial charge in [0.25, 0.3) is 0 Å². The van der Waals surface area contributed by atoms with Crippen LogP contribution >= 0.6 is 24.0 Å². The second kappa shape index (κ2) is 10.0. The highest BCUT2D eigenvalue weighted by atomic mass is 127. The number of hydrogen-bond acceptors (Lipinski definition) is 2. The van der Waals surface area contributed by atoms with Crippen LogP contribution in [-0.4, -0.2) is 43.7 Å². The molecule has 0 saturated carbocycles. The quantitative estimate of drug-likeness (QED) is 0.337. The molecule has 1 aromatic rings. The maximum absolute atomic E-state index is 5.36. The summed E-state index contributed by atoms with van der Waals surface area (Å²) in [6.07, 6.45) is 5.41. The van der Waals surface area contributed by atoms with Crippen molar-refractivity contribution < 1.29 is 4.74 Å². The number of aliphatic imine (C=N–C) groups is 1. The van der Waals surface area contributed by atoms with E-state index in [9.17, 15) is 0 Å². The summed E-state index contributed by atoms with van der Waals surface area (Å²) in [5.41, 5.74) is 4.39. The third-order valence-electron chi connectivity index (χ3n) is 4.52. The average molecular weight is 441 g/mol. The second-order valence-electron chi connectivity index (χ2n) is 6.11. The van der Waals surface area contributed by atoms with E-state index in [-0.39, 0.29) is 24.0 Å². The zero-order valence-electron chi connectivity index (χ0n) is 14.5. The molecular weight excluding hydrogens is 413 g/mol. The van der Waals surface area contributed by atoms with E-state index in [2.05, 4.69) is 47.5 Å². The summed E-state index contributed by atoms with van der Waals surface area (Å²) >= 11 is 0. The van der Waals surface area contributed by atoms with Crippen molar-refractivity contribution in [2.75, 3.05) is 32.8 Å². The number of fused-ring (bicyclic) bond motifs is 1. The highest BCUT2D eigenvalue weighted by Gasteiger charge is 2.18. The predicted octanol–water partition coefficient (Wildman–Crippen LogP) is 3.37. The molecule has 0 saturated heterocycles. The van der Waals surface area contributed by atoms with E-state index >= 15 is 0 Å². The Labute approximate surface area is 162 Å². The van der Waals surface area contributed by atoms with Gasteiger partial charge >= 0.3 is 0 Å². The van der Waals surface area contributed by atoms with E-state index < -0.39 is 0 Å². The van der Waals surface area contributed by atoms with Crippen LogP contribution in [0.2, 0.25) is 0 Å². The standard InChI is InChI=1S/C19H27N3O.HI/c1-2-20-19(21-11-7-16-9-13-23-14-10-16)22-12-8-17-5-3-4-6-18(17)15-22;/h3-6,9H,2,7-8,10-15H2,1H3,(H,20,21);1H. The molecule has 1 aromatic carbocycles. The molecule has 2 heterocycles. The molecule has 24 heavy (non-hydrogen) atoms. The first-order valence-electron chi connectivity index (χ1n) is 8.72. The molecule has 2 aliphatic heterocycles. The minimum atomic E-state index is 0. The molecule has 3 rings (SSSR count). The Morgan fingerprint density at radius 2 is 2.08 bits per heavy atom. The first kappa shape index (κ1) is 19.2. The van der Waals surface area contributed by atoms with Crippen molar-refractivity contribution in [2.24, 2.45) is 4.99 Å². The lowest BCUT2D eigenvalue weighted by Crippen LogP contribution is -2.44. The van der Waals surface area contributed by atoms with E-state index in [4.69, 9.17) is 9.73 Å². The minimum absolute atomic E-state index is 0. The van der Waals surface area contributed by atoms with Gasteiger partial charge in [0.2, 0.25) is 0 Å². The van der Waals surface area contributed by atoms with Crippen LogP contribution in [0.1, 0.15) is 30.9 Å². The number of benzene rings is 1. The Kier molecular flexibility index (Phi) is 8.05. The SMILES string of the molecule is CCNC(=NCCC1=CCOCC1)N1CCc2ccccc2C1.I. The van der Waals surface area contributed by atoms with Gasteiger partial charge in [0.15, 0.2) is 5.96 Å². The number of nitrogens with zero attached hydrogens (tertiary/aromatic N) is 2. The van der Waals surface area contributed by atoms with E-state index in [0.29, 0.717) is 0 Å². The van der Waals surface area contributed by atoms with Gasteiger partial charge in [0.05, 0.1) is 13.2 Å². The highest BCUT2D eigenvalue weighted by Crippen LogP contribution is 2.18. The summed E-state index contributed by atoms with van der Waals surface area (Å²) in [5, 5.41) is 3.45. The van der Waals surface area contributed by atoms with Crippen LogP contribution in [-0.2, 0) is 17.7 Å². The van der Waals surface area contributed by atoms with Gasteiger partial charge in [-0.3, -0.25) is 4.99 Å². The maximum atomic E-state index is 5.36. The molecule has 2 aliphatic rings. The summed E-state index contributed by atoms with van der Waals surface area (Å²) in [6, 6.07) is 8.74. The van der Waals surface area contributed by atoms with E-state index in [1.165, 1.54) is 16.7 Å². The van der Waals surface area contributed by atoms with Crippen molar-refractivity contribution >= 4 is 29.9 Å². The molecule has 0 radical (unpaired) electrons. The van der Waals surface area contributed by atoms with Crippen molar-refractivity contribution in [1.82, 2.24) is 10.2 Å². The Morgan fingerprint density at radius 3 is 2.83 bits per heavy atom. The molecule has 1 N–H and O–H groups in total. The minimum Gasteiger partial charge on any atom is -0.377 e. The molecule has 132 valence electrons. The second-order valence-corrected chi connectivity index (χ2v) is 6.11. The fourth-order valence-corrected chi connectivity index (χ4v) is 3.20. The normalized spacial score (nSPS) is 17.6. The number of nitrogens with one attached hydrogen (secondary N) is 1. The summed E-state index contributed by atoms with van der Waals surface area (Å²) < 4.78 is 5.36. The summed E-state index contributed by atoms with van der Waals surface area (Å²) in [5.74, 6) is 1.05. The monoisotopic (exact) mass is 441 g/mol. The number of halogens is 1.